The summed E-state index contributed by atoms with van der Waals surface area (Å²) in [5.41, 5.74) is 2.32. The van der Waals surface area contributed by atoms with Gasteiger partial charge in [0.05, 0.1) is 46.1 Å². The minimum Gasteiger partial charge on any atom is -0.497 e. The van der Waals surface area contributed by atoms with Crippen molar-refractivity contribution in [3.05, 3.63) is 54.1 Å². The number of hydrogen-bond donors (Lipinski definition) is 2. The zero-order valence-corrected chi connectivity index (χ0v) is 17.6. The first kappa shape index (κ1) is 21.0. The molecular weight excluding hydrogens is 366 g/mol. The Morgan fingerprint density at radius 2 is 1.76 bits per heavy atom. The maximum Gasteiger partial charge on any atom is 0.278 e. The van der Waals surface area contributed by atoms with Gasteiger partial charge in [-0.15, -0.1) is 0 Å². The molecule has 2 aromatic carbocycles. The quantitative estimate of drug-likeness (QED) is 0.701. The molecule has 6 heteroatoms. The van der Waals surface area contributed by atoms with Crippen LogP contribution in [0.5, 0.6) is 11.5 Å². The van der Waals surface area contributed by atoms with E-state index in [1.807, 2.05) is 49.4 Å². The Morgan fingerprint density at radius 3 is 2.41 bits per heavy atom. The van der Waals surface area contributed by atoms with E-state index in [0.717, 1.165) is 49.8 Å². The van der Waals surface area contributed by atoms with E-state index in [1.54, 1.807) is 14.2 Å². The molecule has 0 aliphatic carbocycles. The standard InChI is InChI=1S/C23H31N3O3/c1-18(23(27)24-13-12-19-8-10-20(28-2)11-9-19)25-14-16-26(17-15-25)21-6-4-5-7-22(21)29-3/h4-11,18H,12-17H2,1-3H3,(H,24,27)/p+1/t18-/m1/s1. The molecule has 1 atom stereocenters. The highest BCUT2D eigenvalue weighted by Gasteiger charge is 2.29. The van der Waals surface area contributed by atoms with Crippen LogP contribution in [0.1, 0.15) is 12.5 Å². The Morgan fingerprint density at radius 1 is 1.07 bits per heavy atom. The Kier molecular flexibility index (Phi) is 7.36. The molecule has 1 aliphatic heterocycles. The summed E-state index contributed by atoms with van der Waals surface area (Å²) in [4.78, 5) is 16.3. The lowest BCUT2D eigenvalue weighted by molar-refractivity contribution is -0.914. The molecule has 6 nitrogen and oxygen atoms in total. The molecule has 0 bridgehead atoms. The minimum absolute atomic E-state index is 0.0503. The van der Waals surface area contributed by atoms with Crippen LogP contribution in [0.25, 0.3) is 0 Å². The van der Waals surface area contributed by atoms with Gasteiger partial charge in [-0.1, -0.05) is 24.3 Å². The van der Waals surface area contributed by atoms with E-state index in [2.05, 4.69) is 16.3 Å². The summed E-state index contributed by atoms with van der Waals surface area (Å²) in [6, 6.07) is 16.0. The highest BCUT2D eigenvalue weighted by Crippen LogP contribution is 2.27. The third-order valence-corrected chi connectivity index (χ3v) is 5.71. The number of carbonyl (C=O) groups excluding carboxylic acids is 1. The zero-order chi connectivity index (χ0) is 20.6. The van der Waals surface area contributed by atoms with Crippen LogP contribution >= 0.6 is 0 Å². The Balaban J connectivity index is 1.44. The molecule has 2 aromatic rings. The van der Waals surface area contributed by atoms with Gasteiger partial charge < -0.3 is 24.6 Å². The van der Waals surface area contributed by atoms with Crippen LogP contribution < -0.4 is 24.6 Å². The molecule has 2 N–H and O–H groups in total. The number of amides is 1. The van der Waals surface area contributed by atoms with Gasteiger partial charge in [0.1, 0.15) is 11.5 Å². The third-order valence-electron chi connectivity index (χ3n) is 5.71. The monoisotopic (exact) mass is 398 g/mol. The normalized spacial score (nSPS) is 15.6. The van der Waals surface area contributed by atoms with E-state index >= 15 is 0 Å². The second-order valence-electron chi connectivity index (χ2n) is 7.43. The number of para-hydroxylation sites is 2. The van der Waals surface area contributed by atoms with Gasteiger partial charge in [-0.2, -0.15) is 0 Å². The van der Waals surface area contributed by atoms with Crippen molar-refractivity contribution in [3.63, 3.8) is 0 Å². The maximum atomic E-state index is 12.6. The lowest BCUT2D eigenvalue weighted by atomic mass is 10.1. The maximum absolute atomic E-state index is 12.6. The first-order chi connectivity index (χ1) is 14.1. The number of nitrogens with one attached hydrogen (secondary N) is 2. The van der Waals surface area contributed by atoms with Crippen LogP contribution in [0, 0.1) is 0 Å². The fraction of sp³-hybridized carbons (Fsp3) is 0.435. The Hall–Kier alpha value is -2.73. The van der Waals surface area contributed by atoms with Gasteiger partial charge >= 0.3 is 0 Å². The number of rotatable bonds is 8. The predicted molar refractivity (Wildman–Crippen MR) is 115 cm³/mol. The molecule has 1 heterocycles. The van der Waals surface area contributed by atoms with Crippen molar-refractivity contribution in [1.82, 2.24) is 5.32 Å². The highest BCUT2D eigenvalue weighted by atomic mass is 16.5. The molecule has 1 aliphatic rings. The van der Waals surface area contributed by atoms with Gasteiger partial charge in [0.25, 0.3) is 5.91 Å². The van der Waals surface area contributed by atoms with Crippen molar-refractivity contribution in [2.24, 2.45) is 0 Å². The molecule has 0 radical (unpaired) electrons. The van der Waals surface area contributed by atoms with Crippen molar-refractivity contribution in [3.8, 4) is 11.5 Å². The Labute approximate surface area is 173 Å². The number of carbonyl (C=O) groups is 1. The van der Waals surface area contributed by atoms with Gasteiger partial charge in [0.2, 0.25) is 0 Å². The molecular formula is C23H32N3O3+. The van der Waals surface area contributed by atoms with Gasteiger partial charge in [-0.25, -0.2) is 0 Å². The van der Waals surface area contributed by atoms with Crippen molar-refractivity contribution >= 4 is 11.6 Å². The fourth-order valence-corrected chi connectivity index (χ4v) is 3.82. The topological polar surface area (TPSA) is 55.2 Å². The number of benzene rings is 2. The van der Waals surface area contributed by atoms with Crippen molar-refractivity contribution < 1.29 is 19.2 Å². The fourth-order valence-electron chi connectivity index (χ4n) is 3.82. The van der Waals surface area contributed by atoms with E-state index in [0.29, 0.717) is 6.54 Å². The average Bonchev–Trinajstić information content (AvgIpc) is 2.79. The second-order valence-corrected chi connectivity index (χ2v) is 7.43. The van der Waals surface area contributed by atoms with Crippen molar-refractivity contribution in [2.45, 2.75) is 19.4 Å². The van der Waals surface area contributed by atoms with E-state index in [1.165, 1.54) is 10.5 Å². The van der Waals surface area contributed by atoms with Crippen LogP contribution in [0.2, 0.25) is 0 Å². The number of methoxy groups -OCH3 is 2. The molecule has 0 saturated carbocycles. The van der Waals surface area contributed by atoms with Crippen molar-refractivity contribution in [2.75, 3.05) is 51.8 Å². The number of anilines is 1. The van der Waals surface area contributed by atoms with Crippen molar-refractivity contribution in [1.29, 1.82) is 0 Å². The van der Waals surface area contributed by atoms with Crippen LogP contribution in [0.4, 0.5) is 5.69 Å². The average molecular weight is 399 g/mol. The SMILES string of the molecule is COc1ccc(CCNC(=O)[C@@H](C)[NH+]2CCN(c3ccccc3OC)CC2)cc1. The largest absolute Gasteiger partial charge is 0.497 e. The van der Waals surface area contributed by atoms with Crippen LogP contribution in [0.15, 0.2) is 48.5 Å². The molecule has 29 heavy (non-hydrogen) atoms. The smallest absolute Gasteiger partial charge is 0.278 e. The molecule has 0 aromatic heterocycles. The lowest BCUT2D eigenvalue weighted by Crippen LogP contribution is -3.19. The lowest BCUT2D eigenvalue weighted by Gasteiger charge is -2.36. The Bertz CT molecular complexity index is 786. The van der Waals surface area contributed by atoms with E-state index < -0.39 is 0 Å². The molecule has 156 valence electrons. The summed E-state index contributed by atoms with van der Waals surface area (Å²) >= 11 is 0. The summed E-state index contributed by atoms with van der Waals surface area (Å²) in [7, 11) is 3.37. The minimum atomic E-state index is -0.0503. The van der Waals surface area contributed by atoms with Crippen LogP contribution in [-0.2, 0) is 11.2 Å². The van der Waals surface area contributed by atoms with E-state index in [-0.39, 0.29) is 11.9 Å². The summed E-state index contributed by atoms with van der Waals surface area (Å²) in [6.45, 7) is 6.38. The van der Waals surface area contributed by atoms with Crippen LogP contribution in [-0.4, -0.2) is 58.9 Å². The van der Waals surface area contributed by atoms with Gasteiger partial charge in [-0.05, 0) is 43.2 Å². The number of hydrogen-bond acceptors (Lipinski definition) is 4. The molecule has 1 amide bonds. The van der Waals surface area contributed by atoms with E-state index in [4.69, 9.17) is 9.47 Å². The van der Waals surface area contributed by atoms with Gasteiger partial charge in [-0.3, -0.25) is 4.79 Å². The highest BCUT2D eigenvalue weighted by molar-refractivity contribution is 5.79. The second kappa shape index (κ2) is 10.2. The first-order valence-corrected chi connectivity index (χ1v) is 10.3. The number of nitrogens with zero attached hydrogens (tertiary/aromatic N) is 1. The number of ether oxygens (including phenoxy) is 2. The van der Waals surface area contributed by atoms with E-state index in [9.17, 15) is 4.79 Å². The molecule has 1 fully saturated rings. The molecule has 0 unspecified atom stereocenters. The number of piperazine rings is 1. The molecule has 0 spiro atoms. The summed E-state index contributed by atoms with van der Waals surface area (Å²) < 4.78 is 10.7. The molecule has 3 rings (SSSR count). The summed E-state index contributed by atoms with van der Waals surface area (Å²) in [5, 5.41) is 3.09. The summed E-state index contributed by atoms with van der Waals surface area (Å²) in [6.07, 6.45) is 0.819. The first-order valence-electron chi connectivity index (χ1n) is 10.3. The van der Waals surface area contributed by atoms with Gasteiger partial charge in [0, 0.05) is 6.54 Å². The molecule has 1 saturated heterocycles. The summed E-state index contributed by atoms with van der Waals surface area (Å²) in [5.74, 6) is 1.88. The third kappa shape index (κ3) is 5.41. The predicted octanol–water partition coefficient (Wildman–Crippen LogP) is 1.16. The van der Waals surface area contributed by atoms with Gasteiger partial charge in [0.15, 0.2) is 6.04 Å². The van der Waals surface area contributed by atoms with Crippen LogP contribution in [0.3, 0.4) is 0 Å². The zero-order valence-electron chi connectivity index (χ0n) is 17.6. The number of quaternary nitrogens is 1.